The van der Waals surface area contributed by atoms with Gasteiger partial charge < -0.3 is 10.2 Å². The lowest BCUT2D eigenvalue weighted by Crippen LogP contribution is -2.51. The minimum atomic E-state index is -0.734. The molecule has 0 aromatic rings. The van der Waals surface area contributed by atoms with Gasteiger partial charge in [0.1, 0.15) is 0 Å². The van der Waals surface area contributed by atoms with E-state index in [1.54, 1.807) is 0 Å². The van der Waals surface area contributed by atoms with E-state index in [1.807, 2.05) is 0 Å². The number of unbranched alkanes of at least 4 members (excludes halogenated alkanes) is 1. The van der Waals surface area contributed by atoms with Crippen molar-refractivity contribution in [2.45, 2.75) is 58.5 Å². The smallest absolute Gasteiger partial charge is 0.0929 e. The number of aliphatic hydroxyl groups is 2. The average molecular weight is 276 g/mol. The summed E-state index contributed by atoms with van der Waals surface area (Å²) in [6.45, 7) is 7.27. The topological polar surface area (TPSA) is 40.5 Å². The van der Waals surface area contributed by atoms with Gasteiger partial charge >= 0.3 is 0 Å². The van der Waals surface area contributed by atoms with Gasteiger partial charge in [0.15, 0.2) is 0 Å². The van der Waals surface area contributed by atoms with Crippen LogP contribution in [0.25, 0.3) is 0 Å². The molecule has 2 heteroatoms. The Hall–Kier alpha value is -0.600. The second-order valence-corrected chi connectivity index (χ2v) is 8.14. The summed E-state index contributed by atoms with van der Waals surface area (Å²) in [5.74, 6) is 0.429. The minimum Gasteiger partial charge on any atom is -0.396 e. The number of rotatable bonds is 4. The van der Waals surface area contributed by atoms with Crippen molar-refractivity contribution in [3.8, 4) is 0 Å². The molecule has 20 heavy (non-hydrogen) atoms. The van der Waals surface area contributed by atoms with Gasteiger partial charge in [-0.2, -0.15) is 0 Å². The number of aliphatic hydroxyl groups excluding tert-OH is 1. The lowest BCUT2D eigenvalue weighted by molar-refractivity contribution is -0.0770. The van der Waals surface area contributed by atoms with Crippen molar-refractivity contribution in [2.75, 3.05) is 6.61 Å². The molecule has 0 radical (unpaired) electrons. The van der Waals surface area contributed by atoms with Crippen LogP contribution in [0.1, 0.15) is 52.9 Å². The second-order valence-electron chi connectivity index (χ2n) is 8.14. The zero-order chi connectivity index (χ0) is 14.6. The monoisotopic (exact) mass is 276 g/mol. The molecule has 0 saturated heterocycles. The highest BCUT2D eigenvalue weighted by atomic mass is 16.3. The first-order valence-electron chi connectivity index (χ1n) is 8.02. The predicted molar refractivity (Wildman–Crippen MR) is 81.2 cm³/mol. The predicted octanol–water partition coefficient (Wildman–Crippen LogP) is 3.45. The molecule has 2 nitrogen and oxygen atoms in total. The van der Waals surface area contributed by atoms with Crippen molar-refractivity contribution in [3.05, 3.63) is 24.3 Å². The highest BCUT2D eigenvalue weighted by Crippen LogP contribution is 2.75. The van der Waals surface area contributed by atoms with Crippen molar-refractivity contribution in [1.82, 2.24) is 0 Å². The third-order valence-corrected chi connectivity index (χ3v) is 6.37. The minimum absolute atomic E-state index is 0.126. The molecule has 1 fully saturated rings. The van der Waals surface area contributed by atoms with Crippen molar-refractivity contribution >= 4 is 0 Å². The first-order valence-corrected chi connectivity index (χ1v) is 8.02. The summed E-state index contributed by atoms with van der Waals surface area (Å²) < 4.78 is 0. The number of hydrogen-bond donors (Lipinski definition) is 2. The molecule has 2 N–H and O–H groups in total. The van der Waals surface area contributed by atoms with Crippen molar-refractivity contribution in [1.29, 1.82) is 0 Å². The molecule has 3 rings (SSSR count). The molecule has 0 aromatic heterocycles. The summed E-state index contributed by atoms with van der Waals surface area (Å²) in [6.07, 6.45) is 13.6. The van der Waals surface area contributed by atoms with Crippen LogP contribution in [0.15, 0.2) is 24.3 Å². The SMILES string of the molecule is CC1(C)C[C@@]2(C)CC=C[C@]23[C@H]1C=C[C@]3(O)CCCCO. The Morgan fingerprint density at radius 2 is 1.90 bits per heavy atom. The average Bonchev–Trinajstić information content (AvgIpc) is 2.86. The standard InChI is InChI=1S/C18H28O2/c1-15(2)13-16(3)8-6-10-18(16)14(15)7-11-17(18,20)9-4-5-12-19/h6-7,10-11,14,19-20H,4-5,8-9,12-13H2,1-3H3/t14-,16+,17+,18-/m0/s1. The number of allylic oxidation sites excluding steroid dienone is 2. The van der Waals surface area contributed by atoms with E-state index in [0.29, 0.717) is 5.92 Å². The molecule has 0 aliphatic heterocycles. The van der Waals surface area contributed by atoms with Gasteiger partial charge in [-0.25, -0.2) is 0 Å². The molecule has 0 heterocycles. The van der Waals surface area contributed by atoms with Crippen LogP contribution < -0.4 is 0 Å². The maximum absolute atomic E-state index is 11.4. The van der Waals surface area contributed by atoms with Gasteiger partial charge in [0, 0.05) is 12.0 Å². The Morgan fingerprint density at radius 1 is 1.15 bits per heavy atom. The van der Waals surface area contributed by atoms with E-state index in [2.05, 4.69) is 45.1 Å². The van der Waals surface area contributed by atoms with Gasteiger partial charge in [0.25, 0.3) is 0 Å². The molecule has 0 bridgehead atoms. The zero-order valence-electron chi connectivity index (χ0n) is 13.0. The Labute approximate surface area is 122 Å². The van der Waals surface area contributed by atoms with Crippen LogP contribution in [0.2, 0.25) is 0 Å². The maximum Gasteiger partial charge on any atom is 0.0929 e. The molecule has 0 unspecified atom stereocenters. The summed E-state index contributed by atoms with van der Waals surface area (Å²) in [5, 5.41) is 20.4. The highest BCUT2D eigenvalue weighted by Gasteiger charge is 2.72. The quantitative estimate of drug-likeness (QED) is 0.610. The van der Waals surface area contributed by atoms with E-state index in [-0.39, 0.29) is 22.9 Å². The lowest BCUT2D eigenvalue weighted by atomic mass is 9.58. The molecule has 1 spiro atoms. The molecule has 3 aliphatic rings. The molecular formula is C18H28O2. The van der Waals surface area contributed by atoms with Crippen LogP contribution in [0.5, 0.6) is 0 Å². The van der Waals surface area contributed by atoms with Gasteiger partial charge in [-0.05, 0) is 48.9 Å². The van der Waals surface area contributed by atoms with Crippen LogP contribution in [0, 0.1) is 22.2 Å². The van der Waals surface area contributed by atoms with Crippen molar-refractivity contribution in [2.24, 2.45) is 22.2 Å². The summed E-state index contributed by atoms with van der Waals surface area (Å²) in [5.41, 5.74) is -0.447. The van der Waals surface area contributed by atoms with Crippen LogP contribution in [-0.2, 0) is 0 Å². The summed E-state index contributed by atoms with van der Waals surface area (Å²) in [4.78, 5) is 0. The zero-order valence-corrected chi connectivity index (χ0v) is 13.0. The third-order valence-electron chi connectivity index (χ3n) is 6.37. The number of hydrogen-bond acceptors (Lipinski definition) is 2. The molecule has 0 amide bonds. The normalized spacial score (nSPS) is 47.8. The Morgan fingerprint density at radius 3 is 2.60 bits per heavy atom. The van der Waals surface area contributed by atoms with Crippen LogP contribution >= 0.6 is 0 Å². The van der Waals surface area contributed by atoms with Gasteiger partial charge in [-0.3, -0.25) is 0 Å². The molecule has 112 valence electrons. The van der Waals surface area contributed by atoms with Gasteiger partial charge in [0.05, 0.1) is 5.60 Å². The molecular weight excluding hydrogens is 248 g/mol. The summed E-state index contributed by atoms with van der Waals surface area (Å²) in [6, 6.07) is 0. The highest BCUT2D eigenvalue weighted by molar-refractivity contribution is 5.40. The van der Waals surface area contributed by atoms with Crippen LogP contribution in [0.4, 0.5) is 0 Å². The van der Waals surface area contributed by atoms with E-state index < -0.39 is 5.60 Å². The Bertz CT molecular complexity index is 464. The van der Waals surface area contributed by atoms with Crippen molar-refractivity contribution in [3.63, 3.8) is 0 Å². The fourth-order valence-corrected chi connectivity index (χ4v) is 5.84. The summed E-state index contributed by atoms with van der Waals surface area (Å²) in [7, 11) is 0. The second kappa shape index (κ2) is 4.20. The van der Waals surface area contributed by atoms with E-state index in [4.69, 9.17) is 5.11 Å². The molecule has 0 aromatic carbocycles. The Balaban J connectivity index is 2.00. The Kier molecular flexibility index (Phi) is 3.02. The molecule has 4 atom stereocenters. The third kappa shape index (κ3) is 1.52. The van der Waals surface area contributed by atoms with Crippen LogP contribution in [0.3, 0.4) is 0 Å². The van der Waals surface area contributed by atoms with E-state index >= 15 is 0 Å². The van der Waals surface area contributed by atoms with Gasteiger partial charge in [-0.1, -0.05) is 45.1 Å². The maximum atomic E-state index is 11.4. The lowest BCUT2D eigenvalue weighted by Gasteiger charge is -2.48. The summed E-state index contributed by atoms with van der Waals surface area (Å²) >= 11 is 0. The molecule has 3 aliphatic carbocycles. The van der Waals surface area contributed by atoms with E-state index in [1.165, 1.54) is 6.42 Å². The van der Waals surface area contributed by atoms with Gasteiger partial charge in [-0.15, -0.1) is 0 Å². The van der Waals surface area contributed by atoms with Gasteiger partial charge in [0.2, 0.25) is 0 Å². The fraction of sp³-hybridized carbons (Fsp3) is 0.778. The van der Waals surface area contributed by atoms with Crippen LogP contribution in [-0.4, -0.2) is 22.4 Å². The van der Waals surface area contributed by atoms with E-state index in [0.717, 1.165) is 25.7 Å². The first-order chi connectivity index (χ1) is 9.31. The molecule has 1 saturated carbocycles. The van der Waals surface area contributed by atoms with Crippen molar-refractivity contribution < 1.29 is 10.2 Å². The first kappa shape index (κ1) is 14.3. The fourth-order valence-electron chi connectivity index (χ4n) is 5.84. The van der Waals surface area contributed by atoms with E-state index in [9.17, 15) is 5.11 Å². The largest absolute Gasteiger partial charge is 0.396 e.